The number of para-hydroxylation sites is 1. The van der Waals surface area contributed by atoms with Crippen molar-refractivity contribution in [2.24, 2.45) is 5.41 Å². The number of Topliss-reactive ketones (excluding diaryl/α,β-unsaturated/α-hetero) is 1. The molecule has 0 bridgehead atoms. The molecule has 1 aliphatic heterocycles. The molecule has 1 amide bonds. The molecule has 1 aliphatic carbocycles. The molecule has 4 heteroatoms. The molecule has 0 aromatic heterocycles. The van der Waals surface area contributed by atoms with Gasteiger partial charge in [0.25, 0.3) is 0 Å². The summed E-state index contributed by atoms with van der Waals surface area (Å²) in [5.74, 6) is 0.0507. The molecule has 2 aromatic carbocycles. The molecule has 28 heavy (non-hydrogen) atoms. The zero-order valence-corrected chi connectivity index (χ0v) is 18.0. The van der Waals surface area contributed by atoms with Gasteiger partial charge in [0.2, 0.25) is 5.91 Å². The Labute approximate surface area is 174 Å². The van der Waals surface area contributed by atoms with Crippen molar-refractivity contribution in [3.05, 3.63) is 75.4 Å². The van der Waals surface area contributed by atoms with E-state index in [1.807, 2.05) is 60.4 Å². The number of carbonyl (C=O) groups is 2. The number of halogens is 1. The number of carbonyl (C=O) groups excluding carboxylic acids is 2. The van der Waals surface area contributed by atoms with Crippen LogP contribution in [0.3, 0.4) is 0 Å². The number of rotatable bonds is 2. The van der Waals surface area contributed by atoms with Crippen LogP contribution in [-0.4, -0.2) is 11.7 Å². The van der Waals surface area contributed by atoms with Gasteiger partial charge in [-0.1, -0.05) is 60.1 Å². The first-order valence-corrected chi connectivity index (χ1v) is 10.5. The number of hydrogen-bond donors (Lipinski definition) is 0. The lowest BCUT2D eigenvalue weighted by atomic mass is 9.69. The maximum absolute atomic E-state index is 13.4. The topological polar surface area (TPSA) is 37.4 Å². The Morgan fingerprint density at radius 1 is 1.04 bits per heavy atom. The number of benzene rings is 2. The van der Waals surface area contributed by atoms with Gasteiger partial charge in [0.1, 0.15) is 0 Å². The monoisotopic (exact) mass is 437 g/mol. The largest absolute Gasteiger partial charge is 0.294 e. The SMILES string of the molecule is Cc1ccccc1N1C(=O)CC(c2cccc(Br)c2)C2=C1CC(C)(C)CC2=O. The molecule has 0 N–H and O–H groups in total. The molecule has 4 rings (SSSR count). The van der Waals surface area contributed by atoms with Crippen molar-refractivity contribution in [3.8, 4) is 0 Å². The summed E-state index contributed by atoms with van der Waals surface area (Å²) >= 11 is 3.53. The van der Waals surface area contributed by atoms with Gasteiger partial charge in [-0.15, -0.1) is 0 Å². The normalized spacial score (nSPS) is 21.7. The zero-order valence-electron chi connectivity index (χ0n) is 16.5. The van der Waals surface area contributed by atoms with Crippen LogP contribution in [0.25, 0.3) is 0 Å². The smallest absolute Gasteiger partial charge is 0.232 e. The second kappa shape index (κ2) is 7.00. The Balaban J connectivity index is 1.93. The van der Waals surface area contributed by atoms with Crippen molar-refractivity contribution < 1.29 is 9.59 Å². The summed E-state index contributed by atoms with van der Waals surface area (Å²) in [5.41, 5.74) is 4.50. The molecule has 1 atom stereocenters. The van der Waals surface area contributed by atoms with E-state index in [4.69, 9.17) is 0 Å². The van der Waals surface area contributed by atoms with Crippen molar-refractivity contribution in [2.45, 2.75) is 46.0 Å². The summed E-state index contributed by atoms with van der Waals surface area (Å²) < 4.78 is 0.963. The van der Waals surface area contributed by atoms with Crippen LogP contribution in [0.4, 0.5) is 5.69 Å². The molecule has 1 heterocycles. The molecular weight excluding hydrogens is 414 g/mol. The highest BCUT2D eigenvalue weighted by molar-refractivity contribution is 9.10. The number of nitrogens with zero attached hydrogens (tertiary/aromatic N) is 1. The van der Waals surface area contributed by atoms with Gasteiger partial charge in [-0.05, 0) is 48.1 Å². The second-order valence-electron chi connectivity index (χ2n) is 8.63. The lowest BCUT2D eigenvalue weighted by Crippen LogP contribution is -2.44. The maximum atomic E-state index is 13.4. The Bertz CT molecular complexity index is 1010. The summed E-state index contributed by atoms with van der Waals surface area (Å²) in [6, 6.07) is 15.9. The number of anilines is 1. The third-order valence-corrected chi connectivity index (χ3v) is 6.24. The van der Waals surface area contributed by atoms with Gasteiger partial charge in [0.15, 0.2) is 5.78 Å². The van der Waals surface area contributed by atoms with E-state index in [0.29, 0.717) is 12.8 Å². The average Bonchev–Trinajstić information content (AvgIpc) is 2.61. The molecule has 0 radical (unpaired) electrons. The molecule has 2 aliphatic rings. The number of amides is 1. The summed E-state index contributed by atoms with van der Waals surface area (Å²) in [6.45, 7) is 6.23. The minimum Gasteiger partial charge on any atom is -0.294 e. The van der Waals surface area contributed by atoms with Crippen LogP contribution in [0.2, 0.25) is 0 Å². The molecule has 0 fully saturated rings. The Morgan fingerprint density at radius 2 is 1.79 bits per heavy atom. The number of allylic oxidation sites excluding steroid dienone is 2. The van der Waals surface area contributed by atoms with E-state index in [-0.39, 0.29) is 23.0 Å². The summed E-state index contributed by atoms with van der Waals surface area (Å²) in [4.78, 5) is 28.4. The maximum Gasteiger partial charge on any atom is 0.232 e. The number of hydrogen-bond acceptors (Lipinski definition) is 2. The first-order chi connectivity index (χ1) is 13.3. The second-order valence-corrected chi connectivity index (χ2v) is 9.54. The van der Waals surface area contributed by atoms with Crippen molar-refractivity contribution in [1.29, 1.82) is 0 Å². The fraction of sp³-hybridized carbons (Fsp3) is 0.333. The highest BCUT2D eigenvalue weighted by atomic mass is 79.9. The van der Waals surface area contributed by atoms with E-state index in [0.717, 1.165) is 39.0 Å². The molecule has 1 unspecified atom stereocenters. The Kier molecular flexibility index (Phi) is 4.78. The van der Waals surface area contributed by atoms with E-state index in [2.05, 4.69) is 29.8 Å². The molecule has 0 saturated carbocycles. The van der Waals surface area contributed by atoms with Crippen LogP contribution < -0.4 is 4.90 Å². The van der Waals surface area contributed by atoms with Gasteiger partial charge >= 0.3 is 0 Å². The van der Waals surface area contributed by atoms with Crippen LogP contribution >= 0.6 is 15.9 Å². The van der Waals surface area contributed by atoms with Crippen LogP contribution in [0.1, 0.15) is 50.2 Å². The minimum atomic E-state index is -0.177. The first-order valence-electron chi connectivity index (χ1n) is 9.67. The standard InChI is InChI=1S/C24H24BrNO2/c1-15-7-4-5-10-19(15)26-20-13-24(2,3)14-21(27)23(20)18(12-22(26)28)16-8-6-9-17(25)11-16/h4-11,18H,12-14H2,1-3H3. The third-order valence-electron chi connectivity index (χ3n) is 5.75. The van der Waals surface area contributed by atoms with Crippen molar-refractivity contribution in [1.82, 2.24) is 0 Å². The van der Waals surface area contributed by atoms with Gasteiger partial charge in [0, 0.05) is 34.5 Å². The Morgan fingerprint density at radius 3 is 2.50 bits per heavy atom. The van der Waals surface area contributed by atoms with Crippen molar-refractivity contribution >= 4 is 33.3 Å². The predicted octanol–water partition coefficient (Wildman–Crippen LogP) is 5.92. The van der Waals surface area contributed by atoms with Gasteiger partial charge in [-0.3, -0.25) is 14.5 Å². The molecule has 3 nitrogen and oxygen atoms in total. The molecule has 0 spiro atoms. The highest BCUT2D eigenvalue weighted by Gasteiger charge is 2.44. The van der Waals surface area contributed by atoms with E-state index >= 15 is 0 Å². The van der Waals surface area contributed by atoms with E-state index in [9.17, 15) is 9.59 Å². The molecular formula is C24H24BrNO2. The van der Waals surface area contributed by atoms with Gasteiger partial charge < -0.3 is 0 Å². The lowest BCUT2D eigenvalue weighted by Gasteiger charge is -2.43. The third kappa shape index (κ3) is 3.35. The van der Waals surface area contributed by atoms with Gasteiger partial charge in [0.05, 0.1) is 5.69 Å². The van der Waals surface area contributed by atoms with Crippen molar-refractivity contribution in [3.63, 3.8) is 0 Å². The summed E-state index contributed by atoms with van der Waals surface area (Å²) in [6.07, 6.45) is 1.56. The number of aryl methyl sites for hydroxylation is 1. The molecule has 0 saturated heterocycles. The van der Waals surface area contributed by atoms with Crippen molar-refractivity contribution in [2.75, 3.05) is 4.90 Å². The lowest BCUT2D eigenvalue weighted by molar-refractivity contribution is -0.121. The number of ketones is 1. The van der Waals surface area contributed by atoms with E-state index in [1.165, 1.54) is 0 Å². The quantitative estimate of drug-likeness (QED) is 0.584. The molecule has 2 aromatic rings. The molecule has 144 valence electrons. The van der Waals surface area contributed by atoms with Gasteiger partial charge in [-0.2, -0.15) is 0 Å². The van der Waals surface area contributed by atoms with Gasteiger partial charge in [-0.25, -0.2) is 0 Å². The van der Waals surface area contributed by atoms with Crippen LogP contribution in [0, 0.1) is 12.3 Å². The summed E-state index contributed by atoms with van der Waals surface area (Å²) in [7, 11) is 0. The minimum absolute atomic E-state index is 0.0588. The van der Waals surface area contributed by atoms with Crippen LogP contribution in [-0.2, 0) is 9.59 Å². The van der Waals surface area contributed by atoms with Crippen LogP contribution in [0.15, 0.2) is 64.3 Å². The first kappa shape index (κ1) is 19.1. The average molecular weight is 438 g/mol. The highest BCUT2D eigenvalue weighted by Crippen LogP contribution is 2.48. The predicted molar refractivity (Wildman–Crippen MR) is 115 cm³/mol. The Hall–Kier alpha value is -2.20. The van der Waals surface area contributed by atoms with Crippen LogP contribution in [0.5, 0.6) is 0 Å². The summed E-state index contributed by atoms with van der Waals surface area (Å²) in [5, 5.41) is 0. The fourth-order valence-corrected chi connectivity index (χ4v) is 4.93. The van der Waals surface area contributed by atoms with E-state index < -0.39 is 0 Å². The van der Waals surface area contributed by atoms with E-state index in [1.54, 1.807) is 0 Å². The fourth-order valence-electron chi connectivity index (χ4n) is 4.52. The zero-order chi connectivity index (χ0) is 20.1.